The van der Waals surface area contributed by atoms with Gasteiger partial charge in [0.15, 0.2) is 0 Å². The summed E-state index contributed by atoms with van der Waals surface area (Å²) in [7, 11) is 1.77. The van der Waals surface area contributed by atoms with E-state index < -0.39 is 0 Å². The van der Waals surface area contributed by atoms with Crippen LogP contribution in [0.4, 0.5) is 0 Å². The molecule has 18 heavy (non-hydrogen) atoms. The summed E-state index contributed by atoms with van der Waals surface area (Å²) < 4.78 is 5.87. The molecule has 1 aromatic carbocycles. The van der Waals surface area contributed by atoms with Gasteiger partial charge in [0.1, 0.15) is 0 Å². The monoisotopic (exact) mass is 248 g/mol. The van der Waals surface area contributed by atoms with Crippen LogP contribution in [0, 0.1) is 5.41 Å². The summed E-state index contributed by atoms with van der Waals surface area (Å²) in [5.74, 6) is 0. The van der Waals surface area contributed by atoms with Crippen LogP contribution in [0.25, 0.3) is 0 Å². The molecule has 0 heterocycles. The van der Waals surface area contributed by atoms with E-state index in [0.29, 0.717) is 0 Å². The molecule has 0 radical (unpaired) electrons. The van der Waals surface area contributed by atoms with E-state index >= 15 is 0 Å². The Morgan fingerprint density at radius 1 is 1.22 bits per heavy atom. The molecule has 1 aliphatic rings. The number of ether oxygens (including phenoxy) is 1. The number of benzene rings is 1. The highest BCUT2D eigenvalue weighted by atomic mass is 16.5. The third-order valence-corrected chi connectivity index (χ3v) is 4.59. The van der Waals surface area contributed by atoms with Gasteiger partial charge in [-0.05, 0) is 41.9 Å². The Bertz CT molecular complexity index is 445. The van der Waals surface area contributed by atoms with E-state index in [1.54, 1.807) is 7.11 Å². The Hall–Kier alpha value is -0.860. The predicted octanol–water partition coefficient (Wildman–Crippen LogP) is 3.57. The fourth-order valence-corrected chi connectivity index (χ4v) is 2.90. The molecular weight excluding hydrogens is 224 g/mol. The summed E-state index contributed by atoms with van der Waals surface area (Å²) in [6, 6.07) is 6.21. The largest absolute Gasteiger partial charge is 0.388 e. The second-order valence-electron chi connectivity index (χ2n) is 6.42. The standard InChI is InChI=1S/C16H24O2/c1-15(2,3)16(4,18-5)13-8-6-7-12-11(13)9-10-14(12)17/h6-8,14,17H,9-10H2,1-5H3. The van der Waals surface area contributed by atoms with Crippen molar-refractivity contribution in [3.8, 4) is 0 Å². The third kappa shape index (κ3) is 1.88. The van der Waals surface area contributed by atoms with Crippen molar-refractivity contribution in [3.63, 3.8) is 0 Å². The Balaban J connectivity index is 2.59. The SMILES string of the molecule is COC(C)(c1cccc2c1CCC2O)C(C)(C)C. The van der Waals surface area contributed by atoms with Crippen LogP contribution in [-0.2, 0) is 16.8 Å². The van der Waals surface area contributed by atoms with Crippen molar-refractivity contribution >= 4 is 0 Å². The first-order valence-electron chi connectivity index (χ1n) is 6.67. The number of aliphatic hydroxyl groups excluding tert-OH is 1. The van der Waals surface area contributed by atoms with E-state index in [4.69, 9.17) is 4.74 Å². The fourth-order valence-electron chi connectivity index (χ4n) is 2.90. The lowest BCUT2D eigenvalue weighted by molar-refractivity contribution is -0.0842. The highest BCUT2D eigenvalue weighted by Crippen LogP contribution is 2.46. The van der Waals surface area contributed by atoms with Crippen molar-refractivity contribution in [2.24, 2.45) is 5.41 Å². The molecule has 2 unspecified atom stereocenters. The average molecular weight is 248 g/mol. The lowest BCUT2D eigenvalue weighted by Crippen LogP contribution is -2.39. The van der Waals surface area contributed by atoms with Crippen LogP contribution in [0.3, 0.4) is 0 Å². The summed E-state index contributed by atoms with van der Waals surface area (Å²) in [5.41, 5.74) is 3.27. The number of rotatable bonds is 2. The van der Waals surface area contributed by atoms with E-state index in [9.17, 15) is 5.11 Å². The molecule has 2 heteroatoms. The normalized spacial score (nSPS) is 22.7. The molecule has 0 amide bonds. The molecule has 2 rings (SSSR count). The molecule has 1 aliphatic carbocycles. The quantitative estimate of drug-likeness (QED) is 0.867. The summed E-state index contributed by atoms with van der Waals surface area (Å²) in [6.45, 7) is 8.73. The molecule has 0 saturated carbocycles. The molecule has 0 aliphatic heterocycles. The van der Waals surface area contributed by atoms with Crippen molar-refractivity contribution in [1.82, 2.24) is 0 Å². The Morgan fingerprint density at radius 2 is 1.89 bits per heavy atom. The van der Waals surface area contributed by atoms with Gasteiger partial charge < -0.3 is 9.84 Å². The smallest absolute Gasteiger partial charge is 0.0950 e. The zero-order valence-electron chi connectivity index (χ0n) is 12.1. The molecule has 100 valence electrons. The maximum absolute atomic E-state index is 10.0. The van der Waals surface area contributed by atoms with Crippen molar-refractivity contribution in [2.45, 2.75) is 52.2 Å². The topological polar surface area (TPSA) is 29.5 Å². The van der Waals surface area contributed by atoms with Crippen molar-refractivity contribution in [2.75, 3.05) is 7.11 Å². The molecule has 0 spiro atoms. The molecule has 2 atom stereocenters. The highest BCUT2D eigenvalue weighted by molar-refractivity contribution is 5.43. The molecule has 2 nitrogen and oxygen atoms in total. The van der Waals surface area contributed by atoms with Gasteiger partial charge in [-0.15, -0.1) is 0 Å². The zero-order chi connectivity index (χ0) is 13.6. The van der Waals surface area contributed by atoms with Crippen molar-refractivity contribution < 1.29 is 9.84 Å². The second-order valence-corrected chi connectivity index (χ2v) is 6.42. The van der Waals surface area contributed by atoms with Crippen LogP contribution in [-0.4, -0.2) is 12.2 Å². The molecule has 0 bridgehead atoms. The first-order chi connectivity index (χ1) is 8.31. The molecule has 0 aromatic heterocycles. The van der Waals surface area contributed by atoms with Gasteiger partial charge >= 0.3 is 0 Å². The summed E-state index contributed by atoms with van der Waals surface area (Å²) >= 11 is 0. The first kappa shape index (κ1) is 13.6. The second kappa shape index (κ2) is 4.36. The maximum Gasteiger partial charge on any atom is 0.0950 e. The number of methoxy groups -OCH3 is 1. The van der Waals surface area contributed by atoms with Gasteiger partial charge in [-0.3, -0.25) is 0 Å². The lowest BCUT2D eigenvalue weighted by Gasteiger charge is -2.42. The van der Waals surface area contributed by atoms with Gasteiger partial charge in [-0.1, -0.05) is 39.0 Å². The van der Waals surface area contributed by atoms with Crippen molar-refractivity contribution in [1.29, 1.82) is 0 Å². The van der Waals surface area contributed by atoms with Gasteiger partial charge in [0, 0.05) is 7.11 Å². The highest BCUT2D eigenvalue weighted by Gasteiger charge is 2.42. The number of fused-ring (bicyclic) bond motifs is 1. The average Bonchev–Trinajstić information content (AvgIpc) is 2.69. The molecular formula is C16H24O2. The molecule has 1 N–H and O–H groups in total. The fraction of sp³-hybridized carbons (Fsp3) is 0.625. The maximum atomic E-state index is 10.0. The van der Waals surface area contributed by atoms with Gasteiger partial charge in [0.25, 0.3) is 0 Å². The van der Waals surface area contributed by atoms with Gasteiger partial charge in [-0.2, -0.15) is 0 Å². The molecule has 0 fully saturated rings. The summed E-state index contributed by atoms with van der Waals surface area (Å²) in [6.07, 6.45) is 1.47. The van der Waals surface area contributed by atoms with Crippen molar-refractivity contribution in [3.05, 3.63) is 34.9 Å². The van der Waals surface area contributed by atoms with Crippen LogP contribution in [0.15, 0.2) is 18.2 Å². The number of aliphatic hydroxyl groups is 1. The Morgan fingerprint density at radius 3 is 2.44 bits per heavy atom. The van der Waals surface area contributed by atoms with E-state index in [-0.39, 0.29) is 17.1 Å². The van der Waals surface area contributed by atoms with Gasteiger partial charge in [0.2, 0.25) is 0 Å². The van der Waals surface area contributed by atoms with Gasteiger partial charge in [0.05, 0.1) is 11.7 Å². The first-order valence-corrected chi connectivity index (χ1v) is 6.67. The van der Waals surface area contributed by atoms with Crippen LogP contribution in [0.1, 0.15) is 56.9 Å². The van der Waals surface area contributed by atoms with E-state index in [2.05, 4.69) is 33.8 Å². The van der Waals surface area contributed by atoms with Crippen LogP contribution >= 0.6 is 0 Å². The summed E-state index contributed by atoms with van der Waals surface area (Å²) in [4.78, 5) is 0. The Labute approximate surface area is 110 Å². The minimum Gasteiger partial charge on any atom is -0.388 e. The number of hydrogen-bond donors (Lipinski definition) is 1. The lowest BCUT2D eigenvalue weighted by atomic mass is 9.71. The van der Waals surface area contributed by atoms with Gasteiger partial charge in [-0.25, -0.2) is 0 Å². The van der Waals surface area contributed by atoms with E-state index in [1.807, 2.05) is 12.1 Å². The van der Waals surface area contributed by atoms with Crippen LogP contribution in [0.2, 0.25) is 0 Å². The van der Waals surface area contributed by atoms with E-state index in [1.165, 1.54) is 11.1 Å². The minimum atomic E-state index is -0.331. The van der Waals surface area contributed by atoms with Crippen LogP contribution in [0.5, 0.6) is 0 Å². The molecule has 1 aromatic rings. The third-order valence-electron chi connectivity index (χ3n) is 4.59. The summed E-state index contributed by atoms with van der Waals surface area (Å²) in [5, 5.41) is 10.0. The van der Waals surface area contributed by atoms with Crippen LogP contribution < -0.4 is 0 Å². The number of hydrogen-bond acceptors (Lipinski definition) is 2. The van der Waals surface area contributed by atoms with E-state index in [0.717, 1.165) is 18.4 Å². The predicted molar refractivity (Wildman–Crippen MR) is 73.5 cm³/mol. The Kier molecular flexibility index (Phi) is 3.28. The minimum absolute atomic E-state index is 0.00438. The molecule has 0 saturated heterocycles. The zero-order valence-corrected chi connectivity index (χ0v) is 12.1.